The Balaban J connectivity index is 1.67. The summed E-state index contributed by atoms with van der Waals surface area (Å²) in [7, 11) is 0. The first-order valence-corrected chi connectivity index (χ1v) is 10.4. The molecule has 7 heteroatoms. The van der Waals surface area contributed by atoms with Crippen LogP contribution in [0.2, 0.25) is 0 Å². The predicted molar refractivity (Wildman–Crippen MR) is 112 cm³/mol. The maximum absolute atomic E-state index is 13.3. The van der Waals surface area contributed by atoms with Gasteiger partial charge in [0, 0.05) is 18.2 Å². The van der Waals surface area contributed by atoms with Crippen molar-refractivity contribution in [2.45, 2.75) is 35.8 Å². The first kappa shape index (κ1) is 19.4. The lowest BCUT2D eigenvalue weighted by Gasteiger charge is -2.17. The van der Waals surface area contributed by atoms with Crippen LogP contribution in [0, 0.1) is 5.82 Å². The molecule has 1 aliphatic carbocycles. The number of thioether (sulfide) groups is 1. The minimum Gasteiger partial charge on any atom is -0.352 e. The van der Waals surface area contributed by atoms with Crippen LogP contribution in [0.15, 0.2) is 72.4 Å². The number of nitrogens with zero attached hydrogens (tertiary/aromatic N) is 3. The van der Waals surface area contributed by atoms with E-state index in [-0.39, 0.29) is 17.8 Å². The summed E-state index contributed by atoms with van der Waals surface area (Å²) in [5.41, 5.74) is 1.67. The van der Waals surface area contributed by atoms with E-state index in [0.29, 0.717) is 17.5 Å². The van der Waals surface area contributed by atoms with Crippen LogP contribution in [-0.2, 0) is 11.3 Å². The number of hydrogen-bond donors (Lipinski definition) is 1. The molecular formula is C22H21FN4OS. The van der Waals surface area contributed by atoms with E-state index in [4.69, 9.17) is 0 Å². The molecule has 2 aromatic carbocycles. The smallest absolute Gasteiger partial charge is 0.238 e. The number of carbonyl (C=O) groups is 1. The summed E-state index contributed by atoms with van der Waals surface area (Å²) < 4.78 is 15.2. The molecule has 0 spiro atoms. The zero-order valence-electron chi connectivity index (χ0n) is 15.8. The average molecular weight is 409 g/mol. The molecule has 1 atom stereocenters. The molecule has 1 amide bonds. The SMILES string of the molecule is C=CCn1c(S[C@H](C(=O)NC2CC2)c2ccccc2)nnc1-c1ccc(F)cc1. The molecule has 4 rings (SSSR count). The number of carbonyl (C=O) groups excluding carboxylic acids is 1. The first-order chi connectivity index (χ1) is 14.2. The highest BCUT2D eigenvalue weighted by Crippen LogP contribution is 2.37. The maximum atomic E-state index is 13.3. The highest BCUT2D eigenvalue weighted by Gasteiger charge is 2.30. The van der Waals surface area contributed by atoms with Crippen LogP contribution < -0.4 is 5.32 Å². The topological polar surface area (TPSA) is 59.8 Å². The van der Waals surface area contributed by atoms with Gasteiger partial charge >= 0.3 is 0 Å². The van der Waals surface area contributed by atoms with Gasteiger partial charge in [0.2, 0.25) is 5.91 Å². The van der Waals surface area contributed by atoms with Gasteiger partial charge in [-0.2, -0.15) is 0 Å². The van der Waals surface area contributed by atoms with Crippen LogP contribution in [0.4, 0.5) is 4.39 Å². The van der Waals surface area contributed by atoms with E-state index in [1.807, 2.05) is 34.9 Å². The van der Waals surface area contributed by atoms with Crippen molar-refractivity contribution < 1.29 is 9.18 Å². The van der Waals surface area contributed by atoms with Crippen molar-refractivity contribution >= 4 is 17.7 Å². The Morgan fingerprint density at radius 1 is 1.21 bits per heavy atom. The molecule has 0 aliphatic heterocycles. The molecule has 0 bridgehead atoms. The minimum atomic E-state index is -0.439. The molecule has 1 N–H and O–H groups in total. The van der Waals surface area contributed by atoms with Crippen molar-refractivity contribution in [3.05, 3.63) is 78.6 Å². The molecule has 148 valence electrons. The van der Waals surface area contributed by atoms with E-state index in [2.05, 4.69) is 22.1 Å². The molecule has 1 aliphatic rings. The van der Waals surface area contributed by atoms with Crippen molar-refractivity contribution in [2.24, 2.45) is 0 Å². The number of amides is 1. The zero-order chi connectivity index (χ0) is 20.2. The molecule has 0 unspecified atom stereocenters. The summed E-state index contributed by atoms with van der Waals surface area (Å²) in [6.45, 7) is 4.30. The Hall–Kier alpha value is -2.93. The third kappa shape index (κ3) is 4.56. The third-order valence-corrected chi connectivity index (χ3v) is 5.85. The Kier molecular flexibility index (Phi) is 5.76. The lowest BCUT2D eigenvalue weighted by molar-refractivity contribution is -0.120. The van der Waals surface area contributed by atoms with E-state index < -0.39 is 5.25 Å². The van der Waals surface area contributed by atoms with Crippen LogP contribution in [0.25, 0.3) is 11.4 Å². The first-order valence-electron chi connectivity index (χ1n) is 9.47. The van der Waals surface area contributed by atoms with Gasteiger partial charge in [-0.3, -0.25) is 9.36 Å². The van der Waals surface area contributed by atoms with Crippen molar-refractivity contribution in [2.75, 3.05) is 0 Å². The largest absolute Gasteiger partial charge is 0.352 e. The molecule has 0 saturated heterocycles. The molecule has 1 fully saturated rings. The van der Waals surface area contributed by atoms with Gasteiger partial charge in [-0.05, 0) is 42.7 Å². The van der Waals surface area contributed by atoms with Gasteiger partial charge in [0.1, 0.15) is 11.1 Å². The van der Waals surface area contributed by atoms with Gasteiger partial charge in [0.15, 0.2) is 11.0 Å². The monoisotopic (exact) mass is 408 g/mol. The second kappa shape index (κ2) is 8.61. The summed E-state index contributed by atoms with van der Waals surface area (Å²) in [4.78, 5) is 12.9. The van der Waals surface area contributed by atoms with E-state index in [9.17, 15) is 9.18 Å². The molecular weight excluding hydrogens is 387 g/mol. The predicted octanol–water partition coefficient (Wildman–Crippen LogP) is 4.38. The van der Waals surface area contributed by atoms with Gasteiger partial charge < -0.3 is 5.32 Å². The van der Waals surface area contributed by atoms with Gasteiger partial charge in [-0.1, -0.05) is 48.2 Å². The van der Waals surface area contributed by atoms with Crippen LogP contribution in [-0.4, -0.2) is 26.7 Å². The Labute approximate surface area is 173 Å². The fourth-order valence-electron chi connectivity index (χ4n) is 2.99. The van der Waals surface area contributed by atoms with E-state index in [1.165, 1.54) is 23.9 Å². The molecule has 3 aromatic rings. The average Bonchev–Trinajstić information content (AvgIpc) is 3.47. The normalized spacial score (nSPS) is 14.4. The quantitative estimate of drug-likeness (QED) is 0.444. The highest BCUT2D eigenvalue weighted by molar-refractivity contribution is 8.00. The Morgan fingerprint density at radius 2 is 1.93 bits per heavy atom. The van der Waals surface area contributed by atoms with E-state index in [0.717, 1.165) is 24.0 Å². The summed E-state index contributed by atoms with van der Waals surface area (Å²) in [6, 6.07) is 16.1. The number of nitrogens with one attached hydrogen (secondary N) is 1. The number of hydrogen-bond acceptors (Lipinski definition) is 4. The van der Waals surface area contributed by atoms with Crippen LogP contribution >= 0.6 is 11.8 Å². The number of aromatic nitrogens is 3. The number of rotatable bonds is 8. The van der Waals surface area contributed by atoms with Crippen molar-refractivity contribution in [3.63, 3.8) is 0 Å². The van der Waals surface area contributed by atoms with Crippen LogP contribution in [0.1, 0.15) is 23.7 Å². The summed E-state index contributed by atoms with van der Waals surface area (Å²) in [5, 5.41) is 11.9. The maximum Gasteiger partial charge on any atom is 0.238 e. The summed E-state index contributed by atoms with van der Waals surface area (Å²) >= 11 is 1.36. The minimum absolute atomic E-state index is 0.0276. The van der Waals surface area contributed by atoms with Gasteiger partial charge in [0.05, 0.1) is 0 Å². The number of allylic oxidation sites excluding steroid dienone is 1. The highest BCUT2D eigenvalue weighted by atomic mass is 32.2. The molecule has 1 aromatic heterocycles. The third-order valence-electron chi connectivity index (χ3n) is 4.62. The summed E-state index contributed by atoms with van der Waals surface area (Å²) in [5.74, 6) is 0.279. The molecule has 1 saturated carbocycles. The van der Waals surface area contributed by atoms with Crippen LogP contribution in [0.5, 0.6) is 0 Å². The van der Waals surface area contributed by atoms with Gasteiger partial charge in [-0.15, -0.1) is 16.8 Å². The lowest BCUT2D eigenvalue weighted by Crippen LogP contribution is -2.30. The standard InChI is InChI=1S/C22H21FN4OS/c1-2-14-27-20(16-8-10-17(23)11-9-16)25-26-22(27)29-19(15-6-4-3-5-7-15)21(28)24-18-12-13-18/h2-11,18-19H,1,12-14H2,(H,24,28)/t19-/m0/s1. The summed E-state index contributed by atoms with van der Waals surface area (Å²) in [6.07, 6.45) is 3.81. The Morgan fingerprint density at radius 3 is 2.59 bits per heavy atom. The molecule has 0 radical (unpaired) electrons. The van der Waals surface area contributed by atoms with Crippen molar-refractivity contribution in [3.8, 4) is 11.4 Å². The number of halogens is 1. The molecule has 29 heavy (non-hydrogen) atoms. The second-order valence-electron chi connectivity index (χ2n) is 6.90. The molecule has 5 nitrogen and oxygen atoms in total. The van der Waals surface area contributed by atoms with Gasteiger partial charge in [-0.25, -0.2) is 4.39 Å². The Bertz CT molecular complexity index is 999. The molecule has 1 heterocycles. The van der Waals surface area contributed by atoms with Crippen LogP contribution in [0.3, 0.4) is 0 Å². The fraction of sp³-hybridized carbons (Fsp3) is 0.227. The van der Waals surface area contributed by atoms with Crippen molar-refractivity contribution in [1.82, 2.24) is 20.1 Å². The zero-order valence-corrected chi connectivity index (χ0v) is 16.6. The fourth-order valence-corrected chi connectivity index (χ4v) is 4.05. The van der Waals surface area contributed by atoms with E-state index >= 15 is 0 Å². The second-order valence-corrected chi connectivity index (χ2v) is 7.98. The lowest BCUT2D eigenvalue weighted by atomic mass is 10.1. The van der Waals surface area contributed by atoms with E-state index in [1.54, 1.807) is 18.2 Å². The van der Waals surface area contributed by atoms with Gasteiger partial charge in [0.25, 0.3) is 0 Å². The van der Waals surface area contributed by atoms with Crippen molar-refractivity contribution in [1.29, 1.82) is 0 Å². The number of benzene rings is 2.